The zero-order valence-electron chi connectivity index (χ0n) is 15.1. The minimum atomic E-state index is -0.0202. The lowest BCUT2D eigenvalue weighted by molar-refractivity contribution is -0.0757. The molecule has 0 radical (unpaired) electrons. The number of carbonyl (C=O) groups is 1. The molecule has 0 saturated carbocycles. The normalized spacial score (nSPS) is 26.4. The van der Waals surface area contributed by atoms with Crippen molar-refractivity contribution >= 4 is 5.91 Å². The van der Waals surface area contributed by atoms with E-state index in [4.69, 9.17) is 4.74 Å². The molecule has 0 bridgehead atoms. The molecule has 0 unspecified atom stereocenters. The van der Waals surface area contributed by atoms with E-state index in [-0.39, 0.29) is 18.1 Å². The molecule has 0 N–H and O–H groups in total. The predicted octanol–water partition coefficient (Wildman–Crippen LogP) is 0.518. The summed E-state index contributed by atoms with van der Waals surface area (Å²) >= 11 is 0. The number of nitrogens with zero attached hydrogens (tertiary/aromatic N) is 7. The molecule has 2 aromatic heterocycles. The van der Waals surface area contributed by atoms with Crippen LogP contribution in [0.1, 0.15) is 41.5 Å². The maximum atomic E-state index is 12.6. The lowest BCUT2D eigenvalue weighted by Gasteiger charge is -2.46. The molecule has 9 nitrogen and oxygen atoms in total. The summed E-state index contributed by atoms with van der Waals surface area (Å²) in [5, 5.41) is 8.33. The third-order valence-electron chi connectivity index (χ3n) is 6.01. The second-order valence-corrected chi connectivity index (χ2v) is 7.48. The summed E-state index contributed by atoms with van der Waals surface area (Å²) in [6.07, 6.45) is 9.69. The fraction of sp³-hybridized carbons (Fsp3) is 0.611. The van der Waals surface area contributed by atoms with Gasteiger partial charge in [0.2, 0.25) is 0 Å². The van der Waals surface area contributed by atoms with Crippen molar-refractivity contribution in [2.75, 3.05) is 26.2 Å². The van der Waals surface area contributed by atoms with Gasteiger partial charge in [0.15, 0.2) is 0 Å². The van der Waals surface area contributed by atoms with Crippen LogP contribution in [0, 0.1) is 0 Å². The Kier molecular flexibility index (Phi) is 4.33. The van der Waals surface area contributed by atoms with Crippen LogP contribution in [-0.2, 0) is 11.3 Å². The van der Waals surface area contributed by atoms with Gasteiger partial charge in [-0.05, 0) is 19.3 Å². The van der Waals surface area contributed by atoms with E-state index in [2.05, 4.69) is 25.2 Å². The van der Waals surface area contributed by atoms with Gasteiger partial charge in [0.1, 0.15) is 5.69 Å². The first-order valence-corrected chi connectivity index (χ1v) is 9.59. The van der Waals surface area contributed by atoms with Gasteiger partial charge < -0.3 is 9.64 Å². The van der Waals surface area contributed by atoms with Crippen LogP contribution < -0.4 is 0 Å². The number of piperidine rings is 2. The number of rotatable bonds is 2. The summed E-state index contributed by atoms with van der Waals surface area (Å²) in [5.41, 5.74) is 1.48. The van der Waals surface area contributed by atoms with E-state index >= 15 is 0 Å². The van der Waals surface area contributed by atoms with E-state index < -0.39 is 0 Å². The summed E-state index contributed by atoms with van der Waals surface area (Å²) in [4.78, 5) is 25.1. The zero-order valence-corrected chi connectivity index (χ0v) is 15.1. The smallest absolute Gasteiger partial charge is 0.274 e. The first-order chi connectivity index (χ1) is 13.3. The van der Waals surface area contributed by atoms with Crippen molar-refractivity contribution < 1.29 is 9.53 Å². The largest absolute Gasteiger partial charge is 0.370 e. The van der Waals surface area contributed by atoms with Crippen LogP contribution in [0.25, 0.3) is 0 Å². The average Bonchev–Trinajstić information content (AvgIpc) is 3.23. The number of amides is 1. The molecule has 142 valence electrons. The number of likely N-dealkylation sites (tertiary alicyclic amines) is 2. The number of fused-ring (bicyclic) bond motifs is 3. The Balaban J connectivity index is 1.21. The summed E-state index contributed by atoms with van der Waals surface area (Å²) in [7, 11) is 0. The quantitative estimate of drug-likeness (QED) is 0.762. The van der Waals surface area contributed by atoms with Crippen LogP contribution in [-0.4, -0.2) is 79.0 Å². The van der Waals surface area contributed by atoms with Gasteiger partial charge in [0.25, 0.3) is 5.91 Å². The second kappa shape index (κ2) is 6.97. The van der Waals surface area contributed by atoms with E-state index in [9.17, 15) is 4.79 Å². The van der Waals surface area contributed by atoms with Gasteiger partial charge in [-0.3, -0.25) is 14.7 Å². The van der Waals surface area contributed by atoms with Crippen LogP contribution in [0.5, 0.6) is 0 Å². The van der Waals surface area contributed by atoms with Gasteiger partial charge in [0.05, 0.1) is 36.8 Å². The lowest BCUT2D eigenvalue weighted by atomic mass is 9.95. The molecule has 3 aliphatic heterocycles. The van der Waals surface area contributed by atoms with Gasteiger partial charge >= 0.3 is 0 Å². The Bertz CT molecular complexity index is 803. The van der Waals surface area contributed by atoms with Crippen molar-refractivity contribution in [1.82, 2.24) is 34.8 Å². The molecule has 9 heteroatoms. The highest BCUT2D eigenvalue weighted by Gasteiger charge is 2.39. The van der Waals surface area contributed by atoms with Crippen LogP contribution in [0.2, 0.25) is 0 Å². The van der Waals surface area contributed by atoms with Gasteiger partial charge in [-0.2, -0.15) is 0 Å². The molecule has 2 aromatic rings. The molecule has 5 rings (SSSR count). The Morgan fingerprint density at radius 2 is 2.00 bits per heavy atom. The Morgan fingerprint density at radius 1 is 1.11 bits per heavy atom. The number of carbonyl (C=O) groups excluding carboxylic acids is 1. The van der Waals surface area contributed by atoms with E-state index in [1.54, 1.807) is 18.6 Å². The minimum Gasteiger partial charge on any atom is -0.370 e. The summed E-state index contributed by atoms with van der Waals surface area (Å²) in [6.45, 7) is 4.10. The number of aromatic nitrogens is 5. The molecule has 5 heterocycles. The lowest BCUT2D eigenvalue weighted by Crippen LogP contribution is -2.54. The van der Waals surface area contributed by atoms with Crippen molar-refractivity contribution in [3.8, 4) is 0 Å². The Labute approximate surface area is 157 Å². The van der Waals surface area contributed by atoms with Crippen LogP contribution >= 0.6 is 0 Å². The predicted molar refractivity (Wildman–Crippen MR) is 94.8 cm³/mol. The number of hydrogen-bond donors (Lipinski definition) is 0. The summed E-state index contributed by atoms with van der Waals surface area (Å²) < 4.78 is 8.06. The van der Waals surface area contributed by atoms with E-state index in [0.29, 0.717) is 18.3 Å². The first kappa shape index (κ1) is 16.8. The molecule has 27 heavy (non-hydrogen) atoms. The van der Waals surface area contributed by atoms with Crippen molar-refractivity contribution in [2.24, 2.45) is 0 Å². The molecular formula is C18H23N7O2. The van der Waals surface area contributed by atoms with Crippen molar-refractivity contribution in [3.05, 3.63) is 36.2 Å². The van der Waals surface area contributed by atoms with E-state index in [1.165, 1.54) is 6.20 Å². The highest BCUT2D eigenvalue weighted by Crippen LogP contribution is 2.32. The third-order valence-corrected chi connectivity index (χ3v) is 6.01. The SMILES string of the molecule is O=C(c1cnccn1)N1CCC(N2CC[C@@H]3OCc4cnnn4[C@H]3C2)CC1. The molecule has 0 aliphatic carbocycles. The fourth-order valence-electron chi connectivity index (χ4n) is 4.54. The maximum Gasteiger partial charge on any atom is 0.274 e. The van der Waals surface area contributed by atoms with Crippen molar-refractivity contribution in [3.63, 3.8) is 0 Å². The highest BCUT2D eigenvalue weighted by molar-refractivity contribution is 5.92. The van der Waals surface area contributed by atoms with Crippen molar-refractivity contribution in [1.29, 1.82) is 0 Å². The topological polar surface area (TPSA) is 89.3 Å². The number of hydrogen-bond acceptors (Lipinski definition) is 7. The third kappa shape index (κ3) is 3.10. The molecule has 2 saturated heterocycles. The standard InChI is InChI=1S/C18H23N7O2/c26-18(15-10-19-4-5-20-15)23-6-1-13(2-7-23)24-8-3-17-16(11-24)25-14(12-27-17)9-21-22-25/h4-5,9-10,13,16-17H,1-3,6-8,11-12H2/t16-,17-/m0/s1. The highest BCUT2D eigenvalue weighted by atomic mass is 16.5. The average molecular weight is 369 g/mol. The first-order valence-electron chi connectivity index (χ1n) is 9.59. The monoisotopic (exact) mass is 369 g/mol. The van der Waals surface area contributed by atoms with Crippen LogP contribution in [0.15, 0.2) is 24.8 Å². The van der Waals surface area contributed by atoms with E-state index in [1.807, 2.05) is 9.58 Å². The molecule has 0 spiro atoms. The molecule has 1 amide bonds. The minimum absolute atomic E-state index is 0.0202. The molecule has 2 atom stereocenters. The Hall–Kier alpha value is -2.39. The Morgan fingerprint density at radius 3 is 2.81 bits per heavy atom. The van der Waals surface area contributed by atoms with Crippen LogP contribution in [0.4, 0.5) is 0 Å². The summed E-state index contributed by atoms with van der Waals surface area (Å²) in [6, 6.07) is 0.731. The zero-order chi connectivity index (χ0) is 18.2. The maximum absolute atomic E-state index is 12.6. The van der Waals surface area contributed by atoms with Crippen molar-refractivity contribution in [2.45, 2.75) is 44.1 Å². The molecular weight excluding hydrogens is 346 g/mol. The molecule has 3 aliphatic rings. The van der Waals surface area contributed by atoms with E-state index in [0.717, 1.165) is 51.1 Å². The fourth-order valence-corrected chi connectivity index (χ4v) is 4.54. The van der Waals surface area contributed by atoms with Gasteiger partial charge in [-0.1, -0.05) is 5.21 Å². The van der Waals surface area contributed by atoms with Gasteiger partial charge in [-0.15, -0.1) is 5.10 Å². The van der Waals surface area contributed by atoms with Gasteiger partial charge in [-0.25, -0.2) is 9.67 Å². The number of ether oxygens (including phenoxy) is 1. The summed E-state index contributed by atoms with van der Waals surface area (Å²) in [5.74, 6) is -0.0202. The second-order valence-electron chi connectivity index (χ2n) is 7.48. The van der Waals surface area contributed by atoms with Gasteiger partial charge in [0, 0.05) is 44.6 Å². The van der Waals surface area contributed by atoms with Crippen LogP contribution in [0.3, 0.4) is 0 Å². The molecule has 2 fully saturated rings. The molecule has 0 aromatic carbocycles.